The molecule has 43 heavy (non-hydrogen) atoms. The molecule has 3 rings (SSSR count). The second-order valence-corrected chi connectivity index (χ2v) is 13.9. The van der Waals surface area contributed by atoms with Crippen molar-refractivity contribution in [3.05, 3.63) is 42.2 Å². The lowest BCUT2D eigenvalue weighted by Crippen LogP contribution is -2.24. The number of ether oxygens (including phenoxy) is 3. The van der Waals surface area contributed by atoms with Crippen LogP contribution < -0.4 is 10.5 Å². The van der Waals surface area contributed by atoms with Gasteiger partial charge in [0.05, 0.1) is 29.9 Å². The third kappa shape index (κ3) is 9.97. The number of hydrogen-bond donors (Lipinski definition) is 1. The standard InChI is InChI=1S/C28H39FN5O8P/c1-27(2,3)25(35)39-17-41-43(37,42-18-40-26(36)28(4,5)6)14-19-9-10-21(20(29)13-19)38-12-8-7-11-34-16-33-22-23(30)31-15-32-24(22)34/h9-10,13,15-16H,7-8,11-12,14,17-18H2,1-6H3,(H2,30,31,32). The topological polar surface area (TPSA) is 167 Å². The Bertz CT molecular complexity index is 1430. The highest BCUT2D eigenvalue weighted by Crippen LogP contribution is 2.51. The molecule has 0 aliphatic carbocycles. The molecular weight excluding hydrogens is 584 g/mol. The number of carbonyl (C=O) groups excluding carboxylic acids is 2. The Balaban J connectivity index is 1.56. The average molecular weight is 624 g/mol. The number of anilines is 1. The Morgan fingerprint density at radius 2 is 1.58 bits per heavy atom. The van der Waals surface area contributed by atoms with E-state index in [-0.39, 0.29) is 24.1 Å². The van der Waals surface area contributed by atoms with Crippen LogP contribution in [-0.4, -0.2) is 51.7 Å². The van der Waals surface area contributed by atoms with Crippen LogP contribution in [0.2, 0.25) is 0 Å². The van der Waals surface area contributed by atoms with Crippen LogP contribution in [-0.2, 0) is 45.4 Å². The minimum absolute atomic E-state index is 0.0206. The van der Waals surface area contributed by atoms with Gasteiger partial charge < -0.3 is 24.5 Å². The van der Waals surface area contributed by atoms with Crippen molar-refractivity contribution >= 4 is 36.5 Å². The van der Waals surface area contributed by atoms with Gasteiger partial charge in [-0.3, -0.25) is 23.2 Å². The zero-order valence-corrected chi connectivity index (χ0v) is 26.2. The van der Waals surface area contributed by atoms with Crippen LogP contribution in [0, 0.1) is 16.6 Å². The number of nitrogens with two attached hydrogens (primary N) is 1. The second-order valence-electron chi connectivity index (χ2n) is 11.8. The number of benzene rings is 1. The molecule has 0 atom stereocenters. The highest BCUT2D eigenvalue weighted by Gasteiger charge is 2.30. The molecule has 0 spiro atoms. The number of fused-ring (bicyclic) bond motifs is 1. The quantitative estimate of drug-likeness (QED) is 0.108. The first-order chi connectivity index (χ1) is 20.1. The van der Waals surface area contributed by atoms with E-state index >= 15 is 0 Å². The van der Waals surface area contributed by atoms with Crippen molar-refractivity contribution in [3.63, 3.8) is 0 Å². The van der Waals surface area contributed by atoms with Gasteiger partial charge in [0, 0.05) is 6.54 Å². The van der Waals surface area contributed by atoms with Gasteiger partial charge in [-0.05, 0) is 72.1 Å². The van der Waals surface area contributed by atoms with Crippen molar-refractivity contribution in [1.29, 1.82) is 0 Å². The van der Waals surface area contributed by atoms with Gasteiger partial charge in [0.25, 0.3) is 0 Å². The van der Waals surface area contributed by atoms with E-state index in [0.29, 0.717) is 36.4 Å². The number of unbranched alkanes of at least 4 members (excludes halogenated alkanes) is 1. The van der Waals surface area contributed by atoms with Gasteiger partial charge in [0.15, 0.2) is 23.0 Å². The first kappa shape index (κ1) is 33.9. The number of aromatic nitrogens is 4. The maximum atomic E-state index is 14.9. The maximum absolute atomic E-state index is 14.9. The van der Waals surface area contributed by atoms with Crippen LogP contribution in [0.5, 0.6) is 5.75 Å². The fourth-order valence-electron chi connectivity index (χ4n) is 3.49. The van der Waals surface area contributed by atoms with Crippen molar-refractivity contribution in [3.8, 4) is 5.75 Å². The van der Waals surface area contributed by atoms with Gasteiger partial charge in [-0.1, -0.05) is 6.07 Å². The van der Waals surface area contributed by atoms with Crippen LogP contribution in [0.3, 0.4) is 0 Å². The molecule has 2 heterocycles. The number of nitrogen functional groups attached to an aromatic ring is 1. The first-order valence-corrected chi connectivity index (χ1v) is 15.4. The molecule has 15 heteroatoms. The average Bonchev–Trinajstić information content (AvgIpc) is 3.32. The predicted molar refractivity (Wildman–Crippen MR) is 155 cm³/mol. The minimum atomic E-state index is -4.05. The molecule has 0 amide bonds. The lowest BCUT2D eigenvalue weighted by Gasteiger charge is -2.22. The lowest BCUT2D eigenvalue weighted by atomic mass is 9.98. The molecule has 0 fully saturated rings. The number of esters is 2. The highest BCUT2D eigenvalue weighted by atomic mass is 31.2. The van der Waals surface area contributed by atoms with E-state index in [2.05, 4.69) is 15.0 Å². The van der Waals surface area contributed by atoms with Gasteiger partial charge in [0.2, 0.25) is 13.6 Å². The molecular formula is C28H39FN5O8P. The fraction of sp³-hybridized carbons (Fsp3) is 0.536. The van der Waals surface area contributed by atoms with Crippen molar-refractivity contribution in [2.24, 2.45) is 10.8 Å². The van der Waals surface area contributed by atoms with Crippen LogP contribution in [0.15, 0.2) is 30.9 Å². The van der Waals surface area contributed by atoms with Crippen LogP contribution in [0.4, 0.5) is 10.2 Å². The summed E-state index contributed by atoms with van der Waals surface area (Å²) in [6.45, 7) is 9.43. The molecule has 1 aromatic carbocycles. The molecule has 2 N–H and O–H groups in total. The fourth-order valence-corrected chi connectivity index (χ4v) is 4.82. The molecule has 0 unspecified atom stereocenters. The zero-order valence-electron chi connectivity index (χ0n) is 25.3. The van der Waals surface area contributed by atoms with Gasteiger partial charge in [0.1, 0.15) is 11.8 Å². The van der Waals surface area contributed by atoms with Gasteiger partial charge in [-0.15, -0.1) is 0 Å². The van der Waals surface area contributed by atoms with E-state index in [1.807, 2.05) is 4.57 Å². The minimum Gasteiger partial charge on any atom is -0.491 e. The largest absolute Gasteiger partial charge is 0.491 e. The monoisotopic (exact) mass is 623 g/mol. The van der Waals surface area contributed by atoms with E-state index < -0.39 is 49.8 Å². The Hall–Kier alpha value is -3.61. The van der Waals surface area contributed by atoms with Gasteiger partial charge in [-0.2, -0.15) is 0 Å². The van der Waals surface area contributed by atoms with Crippen LogP contribution >= 0.6 is 7.60 Å². The van der Waals surface area contributed by atoms with E-state index in [1.54, 1.807) is 47.9 Å². The number of nitrogens with zero attached hydrogens (tertiary/aromatic N) is 4. The summed E-state index contributed by atoms with van der Waals surface area (Å²) in [6.07, 6.45) is 3.99. The molecule has 0 radical (unpaired) electrons. The van der Waals surface area contributed by atoms with Crippen molar-refractivity contribution in [2.75, 3.05) is 25.9 Å². The highest BCUT2D eigenvalue weighted by molar-refractivity contribution is 7.53. The summed E-state index contributed by atoms with van der Waals surface area (Å²) >= 11 is 0. The first-order valence-electron chi connectivity index (χ1n) is 13.6. The van der Waals surface area contributed by atoms with E-state index in [9.17, 15) is 18.5 Å². The molecule has 0 bridgehead atoms. The third-order valence-electron chi connectivity index (χ3n) is 5.96. The molecule has 0 aliphatic heterocycles. The van der Waals surface area contributed by atoms with E-state index in [1.165, 1.54) is 18.5 Å². The molecule has 0 saturated carbocycles. The molecule has 3 aromatic rings. The second kappa shape index (κ2) is 14.2. The predicted octanol–water partition coefficient (Wildman–Crippen LogP) is 5.23. The Labute approximate surface area is 249 Å². The van der Waals surface area contributed by atoms with Crippen LogP contribution in [0.1, 0.15) is 59.9 Å². The number of rotatable bonds is 14. The van der Waals surface area contributed by atoms with E-state index in [4.69, 9.17) is 29.0 Å². The summed E-state index contributed by atoms with van der Waals surface area (Å²) in [5, 5.41) is 0. The summed E-state index contributed by atoms with van der Waals surface area (Å²) in [4.78, 5) is 36.5. The number of halogens is 1. The summed E-state index contributed by atoms with van der Waals surface area (Å²) in [5.41, 5.74) is 5.64. The summed E-state index contributed by atoms with van der Waals surface area (Å²) in [6, 6.07) is 4.08. The molecule has 13 nitrogen and oxygen atoms in total. The summed E-state index contributed by atoms with van der Waals surface area (Å²) < 4.78 is 56.5. The molecule has 0 saturated heterocycles. The molecule has 236 valence electrons. The molecule has 0 aliphatic rings. The maximum Gasteiger partial charge on any atom is 0.340 e. The van der Waals surface area contributed by atoms with Crippen LogP contribution in [0.25, 0.3) is 11.2 Å². The molecule has 2 aromatic heterocycles. The number of carbonyl (C=O) groups is 2. The Kier molecular flexibility index (Phi) is 11.2. The van der Waals surface area contributed by atoms with Crippen molar-refractivity contribution in [1.82, 2.24) is 19.5 Å². The third-order valence-corrected chi connectivity index (χ3v) is 7.71. The smallest absolute Gasteiger partial charge is 0.340 e. The van der Waals surface area contributed by atoms with Gasteiger partial charge in [-0.25, -0.2) is 19.3 Å². The lowest BCUT2D eigenvalue weighted by molar-refractivity contribution is -0.162. The Morgan fingerprint density at radius 3 is 2.16 bits per heavy atom. The van der Waals surface area contributed by atoms with Gasteiger partial charge >= 0.3 is 19.5 Å². The SMILES string of the molecule is CC(C)(C)C(=O)OCOP(=O)(Cc1ccc(OCCCCn2cnc3c(N)ncnc32)c(F)c1)OCOC(=O)C(C)(C)C. The normalized spacial score (nSPS) is 12.3. The zero-order chi connectivity index (χ0) is 31.8. The van der Waals surface area contributed by atoms with Crippen molar-refractivity contribution < 1.29 is 41.8 Å². The van der Waals surface area contributed by atoms with E-state index in [0.717, 1.165) is 6.07 Å². The number of aryl methyl sites for hydroxylation is 1. The number of imidazole rings is 1. The number of hydrogen-bond acceptors (Lipinski definition) is 12. The summed E-state index contributed by atoms with van der Waals surface area (Å²) in [7, 11) is -4.05. The Morgan fingerprint density at radius 1 is 0.953 bits per heavy atom. The van der Waals surface area contributed by atoms with Crippen molar-refractivity contribution in [2.45, 2.75) is 67.1 Å². The summed E-state index contributed by atoms with van der Waals surface area (Å²) in [5.74, 6) is -1.50.